The van der Waals surface area contributed by atoms with Crippen LogP contribution in [0.25, 0.3) is 23.0 Å². The van der Waals surface area contributed by atoms with Crippen LogP contribution in [0.15, 0.2) is 77.7 Å². The number of amides is 1. The van der Waals surface area contributed by atoms with Crippen molar-refractivity contribution < 1.29 is 9.21 Å². The standard InChI is InChI=1S/C21H17N3O2/c1-15-4-2-12-24-14-19(23-21(15)24)16-6-8-17(9-7-16)22-20(25)11-10-18-5-3-13-26-18/h2-14H,1H3,(H,22,25)/b11-10+. The lowest BCUT2D eigenvalue weighted by molar-refractivity contribution is -0.111. The van der Waals surface area contributed by atoms with E-state index in [2.05, 4.69) is 10.3 Å². The highest BCUT2D eigenvalue weighted by Crippen LogP contribution is 2.22. The molecule has 0 aliphatic rings. The Labute approximate surface area is 150 Å². The van der Waals surface area contributed by atoms with Crippen molar-refractivity contribution in [3.63, 3.8) is 0 Å². The molecule has 4 rings (SSSR count). The van der Waals surface area contributed by atoms with Gasteiger partial charge in [-0.3, -0.25) is 4.79 Å². The van der Waals surface area contributed by atoms with Crippen LogP contribution in [-0.2, 0) is 4.79 Å². The smallest absolute Gasteiger partial charge is 0.248 e. The molecule has 0 radical (unpaired) electrons. The lowest BCUT2D eigenvalue weighted by atomic mass is 10.1. The fraction of sp³-hybridized carbons (Fsp3) is 0.0476. The van der Waals surface area contributed by atoms with Crippen molar-refractivity contribution in [2.75, 3.05) is 5.32 Å². The Kier molecular flexibility index (Phi) is 4.11. The Morgan fingerprint density at radius 3 is 2.73 bits per heavy atom. The molecule has 4 aromatic rings. The topological polar surface area (TPSA) is 59.5 Å². The van der Waals surface area contributed by atoms with Gasteiger partial charge in [-0.15, -0.1) is 0 Å². The number of rotatable bonds is 4. The maximum atomic E-state index is 12.0. The molecule has 3 heterocycles. The summed E-state index contributed by atoms with van der Waals surface area (Å²) in [6.07, 6.45) is 8.62. The van der Waals surface area contributed by atoms with Gasteiger partial charge in [0, 0.05) is 29.7 Å². The molecule has 1 amide bonds. The van der Waals surface area contributed by atoms with Gasteiger partial charge in [-0.25, -0.2) is 4.98 Å². The quantitative estimate of drug-likeness (QED) is 0.553. The molecule has 0 fully saturated rings. The van der Waals surface area contributed by atoms with Crippen LogP contribution in [0.4, 0.5) is 5.69 Å². The average molecular weight is 343 g/mol. The molecule has 0 atom stereocenters. The molecule has 1 N–H and O–H groups in total. The van der Waals surface area contributed by atoms with Gasteiger partial charge in [0.2, 0.25) is 5.91 Å². The van der Waals surface area contributed by atoms with Crippen molar-refractivity contribution in [3.05, 3.63) is 84.6 Å². The number of nitrogens with zero attached hydrogens (tertiary/aromatic N) is 2. The maximum absolute atomic E-state index is 12.0. The monoisotopic (exact) mass is 343 g/mol. The Morgan fingerprint density at radius 2 is 2.00 bits per heavy atom. The first kappa shape index (κ1) is 15.9. The number of aromatic nitrogens is 2. The summed E-state index contributed by atoms with van der Waals surface area (Å²) in [6.45, 7) is 2.04. The highest BCUT2D eigenvalue weighted by atomic mass is 16.3. The lowest BCUT2D eigenvalue weighted by Gasteiger charge is -2.03. The van der Waals surface area contributed by atoms with E-state index in [0.29, 0.717) is 5.76 Å². The number of carbonyl (C=O) groups is 1. The third-order valence-electron chi connectivity index (χ3n) is 4.07. The van der Waals surface area contributed by atoms with Gasteiger partial charge in [0.15, 0.2) is 0 Å². The molecule has 1 aromatic carbocycles. The van der Waals surface area contributed by atoms with Crippen LogP contribution < -0.4 is 5.32 Å². The molecule has 0 aliphatic carbocycles. The van der Waals surface area contributed by atoms with Crippen LogP contribution in [-0.4, -0.2) is 15.3 Å². The fourth-order valence-corrected chi connectivity index (χ4v) is 2.74. The van der Waals surface area contributed by atoms with E-state index in [1.807, 2.05) is 60.1 Å². The van der Waals surface area contributed by atoms with E-state index in [0.717, 1.165) is 28.2 Å². The van der Waals surface area contributed by atoms with Crippen LogP contribution in [0.2, 0.25) is 0 Å². The van der Waals surface area contributed by atoms with Crippen molar-refractivity contribution in [3.8, 4) is 11.3 Å². The molecule has 0 saturated heterocycles. The molecule has 0 aliphatic heterocycles. The minimum Gasteiger partial charge on any atom is -0.465 e. The Hall–Kier alpha value is -3.60. The van der Waals surface area contributed by atoms with Crippen molar-refractivity contribution >= 4 is 23.3 Å². The van der Waals surface area contributed by atoms with Crippen LogP contribution in [0.1, 0.15) is 11.3 Å². The molecule has 5 nitrogen and oxygen atoms in total. The SMILES string of the molecule is Cc1cccn2cc(-c3ccc(NC(=O)/C=C/c4ccco4)cc3)nc12. The largest absolute Gasteiger partial charge is 0.465 e. The summed E-state index contributed by atoms with van der Waals surface area (Å²) >= 11 is 0. The molecule has 3 aromatic heterocycles. The highest BCUT2D eigenvalue weighted by molar-refractivity contribution is 6.01. The van der Waals surface area contributed by atoms with Crippen LogP contribution in [0.3, 0.4) is 0 Å². The maximum Gasteiger partial charge on any atom is 0.248 e. The van der Waals surface area contributed by atoms with E-state index in [9.17, 15) is 4.79 Å². The minimum atomic E-state index is -0.211. The number of fused-ring (bicyclic) bond motifs is 1. The summed E-state index contributed by atoms with van der Waals surface area (Å²) in [5, 5.41) is 2.83. The number of imidazole rings is 1. The number of anilines is 1. The number of hydrogen-bond donors (Lipinski definition) is 1. The average Bonchev–Trinajstić information content (AvgIpc) is 3.31. The highest BCUT2D eigenvalue weighted by Gasteiger charge is 2.06. The molecular weight excluding hydrogens is 326 g/mol. The Balaban J connectivity index is 1.49. The number of benzene rings is 1. The van der Waals surface area contributed by atoms with Gasteiger partial charge >= 0.3 is 0 Å². The zero-order chi connectivity index (χ0) is 17.9. The van der Waals surface area contributed by atoms with Gasteiger partial charge in [-0.05, 0) is 48.9 Å². The van der Waals surface area contributed by atoms with Crippen molar-refractivity contribution in [2.45, 2.75) is 6.92 Å². The van der Waals surface area contributed by atoms with E-state index in [1.54, 1.807) is 24.5 Å². The molecule has 0 bridgehead atoms. The van der Waals surface area contributed by atoms with Gasteiger partial charge < -0.3 is 14.1 Å². The van der Waals surface area contributed by atoms with Crippen LogP contribution >= 0.6 is 0 Å². The van der Waals surface area contributed by atoms with E-state index < -0.39 is 0 Å². The first-order valence-corrected chi connectivity index (χ1v) is 8.26. The number of furan rings is 1. The van der Waals surface area contributed by atoms with Gasteiger partial charge in [-0.2, -0.15) is 0 Å². The Bertz CT molecular complexity index is 1070. The molecule has 0 saturated carbocycles. The van der Waals surface area contributed by atoms with Gasteiger partial charge in [0.25, 0.3) is 0 Å². The molecule has 128 valence electrons. The summed E-state index contributed by atoms with van der Waals surface area (Å²) in [7, 11) is 0. The predicted molar refractivity (Wildman–Crippen MR) is 102 cm³/mol. The lowest BCUT2D eigenvalue weighted by Crippen LogP contribution is -2.07. The molecular formula is C21H17N3O2. The number of nitrogens with one attached hydrogen (secondary N) is 1. The summed E-state index contributed by atoms with van der Waals surface area (Å²) in [4.78, 5) is 16.6. The minimum absolute atomic E-state index is 0.211. The summed E-state index contributed by atoms with van der Waals surface area (Å²) in [5.74, 6) is 0.426. The normalized spacial score (nSPS) is 11.3. The van der Waals surface area contributed by atoms with Crippen LogP contribution in [0, 0.1) is 6.92 Å². The summed E-state index contributed by atoms with van der Waals surface area (Å²) < 4.78 is 7.17. The summed E-state index contributed by atoms with van der Waals surface area (Å²) in [5.41, 5.74) is 4.70. The second kappa shape index (κ2) is 6.72. The zero-order valence-corrected chi connectivity index (χ0v) is 14.2. The van der Waals surface area contributed by atoms with Crippen molar-refractivity contribution in [1.82, 2.24) is 9.38 Å². The number of hydrogen-bond acceptors (Lipinski definition) is 3. The fourth-order valence-electron chi connectivity index (χ4n) is 2.74. The van der Waals surface area contributed by atoms with Gasteiger partial charge in [0.1, 0.15) is 11.4 Å². The first-order valence-electron chi connectivity index (χ1n) is 8.26. The third kappa shape index (κ3) is 3.28. The van der Waals surface area contributed by atoms with Gasteiger partial charge in [-0.1, -0.05) is 18.2 Å². The Morgan fingerprint density at radius 1 is 1.15 bits per heavy atom. The number of carbonyl (C=O) groups excluding carboxylic acids is 1. The first-order chi connectivity index (χ1) is 12.7. The zero-order valence-electron chi connectivity index (χ0n) is 14.2. The van der Waals surface area contributed by atoms with E-state index in [-0.39, 0.29) is 5.91 Å². The van der Waals surface area contributed by atoms with E-state index >= 15 is 0 Å². The number of pyridine rings is 1. The van der Waals surface area contributed by atoms with E-state index in [4.69, 9.17) is 4.42 Å². The summed E-state index contributed by atoms with van der Waals surface area (Å²) in [6, 6.07) is 15.2. The van der Waals surface area contributed by atoms with Crippen molar-refractivity contribution in [1.29, 1.82) is 0 Å². The second-order valence-electron chi connectivity index (χ2n) is 5.96. The van der Waals surface area contributed by atoms with E-state index in [1.165, 1.54) is 6.08 Å². The second-order valence-corrected chi connectivity index (χ2v) is 5.96. The van der Waals surface area contributed by atoms with Crippen molar-refractivity contribution in [2.24, 2.45) is 0 Å². The molecule has 5 heteroatoms. The molecule has 0 spiro atoms. The van der Waals surface area contributed by atoms with Gasteiger partial charge in [0.05, 0.1) is 12.0 Å². The predicted octanol–water partition coefficient (Wildman–Crippen LogP) is 4.55. The molecule has 0 unspecified atom stereocenters. The van der Waals surface area contributed by atoms with Crippen LogP contribution in [0.5, 0.6) is 0 Å². The number of aryl methyl sites for hydroxylation is 1. The molecule has 26 heavy (non-hydrogen) atoms. The third-order valence-corrected chi connectivity index (χ3v) is 4.07.